The number of hydrogen-bond donors (Lipinski definition) is 3. The molecule has 0 bridgehead atoms. The summed E-state index contributed by atoms with van der Waals surface area (Å²) in [5.74, 6) is -0.716. The molecule has 0 saturated heterocycles. The van der Waals surface area contributed by atoms with Crippen LogP contribution in [-0.4, -0.2) is 28.6 Å². The summed E-state index contributed by atoms with van der Waals surface area (Å²) < 4.78 is 1.19. The van der Waals surface area contributed by atoms with Gasteiger partial charge in [-0.3, -0.25) is 14.7 Å². The Kier molecular flexibility index (Phi) is 4.09. The molecule has 2 aromatic heterocycles. The summed E-state index contributed by atoms with van der Waals surface area (Å²) in [6, 6.07) is 14.0. The second-order valence-electron chi connectivity index (χ2n) is 7.11. The number of nitrogens with zero attached hydrogens (tertiary/aromatic N) is 1. The van der Waals surface area contributed by atoms with Gasteiger partial charge in [-0.15, -0.1) is 11.3 Å². The molecule has 1 fully saturated rings. The van der Waals surface area contributed by atoms with Gasteiger partial charge in [0.1, 0.15) is 0 Å². The van der Waals surface area contributed by atoms with Crippen molar-refractivity contribution in [3.05, 3.63) is 48.7 Å². The molecule has 140 valence electrons. The number of rotatable bonds is 4. The molecule has 28 heavy (non-hydrogen) atoms. The first-order valence-electron chi connectivity index (χ1n) is 9.22. The molecule has 3 N–H and O–H groups in total. The molecular weight excluding hydrogens is 372 g/mol. The fraction of sp³-hybridized carbons (Fsp3) is 0.190. The van der Waals surface area contributed by atoms with E-state index in [9.17, 15) is 9.59 Å². The van der Waals surface area contributed by atoms with Crippen molar-refractivity contribution in [1.82, 2.24) is 15.5 Å². The first kappa shape index (κ1) is 16.9. The number of fused-ring (bicyclic) bond motifs is 2. The Morgan fingerprint density at radius 1 is 1.11 bits per heavy atom. The van der Waals surface area contributed by atoms with Crippen LogP contribution in [0.5, 0.6) is 0 Å². The monoisotopic (exact) mass is 390 g/mol. The number of amides is 2. The zero-order chi connectivity index (χ0) is 19.1. The zero-order valence-electron chi connectivity index (χ0n) is 15.0. The van der Waals surface area contributed by atoms with E-state index in [0.29, 0.717) is 18.2 Å². The third-order valence-corrected chi connectivity index (χ3v) is 6.10. The summed E-state index contributed by atoms with van der Waals surface area (Å²) in [5.41, 5.74) is 2.43. The van der Waals surface area contributed by atoms with Gasteiger partial charge >= 0.3 is 11.8 Å². The van der Waals surface area contributed by atoms with Crippen molar-refractivity contribution in [2.24, 2.45) is 5.92 Å². The lowest BCUT2D eigenvalue weighted by Gasteiger charge is -2.08. The van der Waals surface area contributed by atoms with Crippen LogP contribution in [0.15, 0.2) is 48.7 Å². The number of aromatic nitrogens is 2. The Bertz CT molecular complexity index is 1170. The van der Waals surface area contributed by atoms with Gasteiger partial charge in [-0.05, 0) is 48.4 Å². The van der Waals surface area contributed by atoms with Crippen LogP contribution >= 0.6 is 11.3 Å². The Balaban J connectivity index is 1.46. The standard InChI is InChI=1S/C21H18N4O2S/c26-20(22-10-12-5-6-12)21(27)24-15-7-14-11-23-25-19(14)16(9-15)18-8-13-3-1-2-4-17(13)28-18/h1-4,7-9,11-12H,5-6,10H2,(H,22,26)(H,23,25)(H,24,27). The van der Waals surface area contributed by atoms with Gasteiger partial charge in [0.15, 0.2) is 0 Å². The van der Waals surface area contributed by atoms with Crippen molar-refractivity contribution in [2.75, 3.05) is 11.9 Å². The van der Waals surface area contributed by atoms with Crippen molar-refractivity contribution in [1.29, 1.82) is 0 Å². The van der Waals surface area contributed by atoms with Crippen LogP contribution in [0.1, 0.15) is 12.8 Å². The van der Waals surface area contributed by atoms with Crippen LogP contribution in [0.25, 0.3) is 31.4 Å². The van der Waals surface area contributed by atoms with Crippen LogP contribution < -0.4 is 10.6 Å². The Morgan fingerprint density at radius 3 is 2.79 bits per heavy atom. The van der Waals surface area contributed by atoms with Crippen molar-refractivity contribution >= 4 is 49.8 Å². The number of aromatic amines is 1. The van der Waals surface area contributed by atoms with E-state index in [0.717, 1.165) is 34.2 Å². The molecule has 0 aliphatic heterocycles. The Morgan fingerprint density at radius 2 is 1.96 bits per heavy atom. The SMILES string of the molecule is O=C(NCC1CC1)C(=O)Nc1cc(-c2cc3ccccc3s2)c2[nH]ncc2c1. The van der Waals surface area contributed by atoms with Crippen LogP contribution in [0.4, 0.5) is 5.69 Å². The normalized spacial score (nSPS) is 13.7. The average molecular weight is 390 g/mol. The van der Waals surface area contributed by atoms with Crippen LogP contribution in [0.2, 0.25) is 0 Å². The maximum absolute atomic E-state index is 12.3. The summed E-state index contributed by atoms with van der Waals surface area (Å²) in [6.45, 7) is 0.569. The summed E-state index contributed by atoms with van der Waals surface area (Å²) in [7, 11) is 0. The summed E-state index contributed by atoms with van der Waals surface area (Å²) in [6.07, 6.45) is 3.96. The molecule has 2 heterocycles. The second kappa shape index (κ2) is 6.76. The van der Waals surface area contributed by atoms with E-state index in [2.05, 4.69) is 39.0 Å². The highest BCUT2D eigenvalue weighted by atomic mass is 32.1. The fourth-order valence-electron chi connectivity index (χ4n) is 3.27. The minimum absolute atomic E-state index is 0.526. The first-order valence-corrected chi connectivity index (χ1v) is 10.0. The van der Waals surface area contributed by atoms with Gasteiger partial charge in [0.25, 0.3) is 0 Å². The van der Waals surface area contributed by atoms with Gasteiger partial charge in [0, 0.05) is 32.8 Å². The van der Waals surface area contributed by atoms with Crippen molar-refractivity contribution in [3.8, 4) is 10.4 Å². The first-order chi connectivity index (χ1) is 13.7. The Hall–Kier alpha value is -3.19. The number of anilines is 1. The van der Waals surface area contributed by atoms with Crippen molar-refractivity contribution in [3.63, 3.8) is 0 Å². The highest BCUT2D eigenvalue weighted by molar-refractivity contribution is 7.22. The molecule has 1 aliphatic carbocycles. The molecule has 2 amide bonds. The molecule has 6 nitrogen and oxygen atoms in total. The number of benzene rings is 2. The predicted octanol–water partition coefficient (Wildman–Crippen LogP) is 3.91. The highest BCUT2D eigenvalue weighted by Crippen LogP contribution is 2.38. The van der Waals surface area contributed by atoms with E-state index in [4.69, 9.17) is 0 Å². The lowest BCUT2D eigenvalue weighted by Crippen LogP contribution is -2.36. The van der Waals surface area contributed by atoms with Gasteiger partial charge in [-0.1, -0.05) is 18.2 Å². The summed E-state index contributed by atoms with van der Waals surface area (Å²) >= 11 is 1.68. The topological polar surface area (TPSA) is 86.9 Å². The molecule has 7 heteroatoms. The second-order valence-corrected chi connectivity index (χ2v) is 8.20. The van der Waals surface area contributed by atoms with Gasteiger partial charge in [-0.25, -0.2) is 0 Å². The highest BCUT2D eigenvalue weighted by Gasteiger charge is 2.23. The van der Waals surface area contributed by atoms with Gasteiger partial charge < -0.3 is 10.6 Å². The molecule has 5 rings (SSSR count). The van der Waals surface area contributed by atoms with Gasteiger partial charge in [0.2, 0.25) is 0 Å². The summed E-state index contributed by atoms with van der Waals surface area (Å²) in [5, 5.41) is 14.6. The number of H-pyrrole nitrogens is 1. The molecule has 0 radical (unpaired) electrons. The van der Waals surface area contributed by atoms with E-state index in [1.54, 1.807) is 17.5 Å². The molecule has 4 aromatic rings. The fourth-order valence-corrected chi connectivity index (χ4v) is 4.35. The third kappa shape index (κ3) is 3.25. The predicted molar refractivity (Wildman–Crippen MR) is 111 cm³/mol. The number of nitrogens with one attached hydrogen (secondary N) is 3. The van der Waals surface area contributed by atoms with E-state index in [1.165, 1.54) is 10.1 Å². The average Bonchev–Trinajstić information content (AvgIpc) is 3.23. The quantitative estimate of drug-likeness (QED) is 0.462. The van der Waals surface area contributed by atoms with Crippen LogP contribution in [0, 0.1) is 5.92 Å². The van der Waals surface area contributed by atoms with Crippen LogP contribution in [0.3, 0.4) is 0 Å². The molecule has 0 spiro atoms. The van der Waals surface area contributed by atoms with Crippen LogP contribution in [-0.2, 0) is 9.59 Å². The number of carbonyl (C=O) groups excluding carboxylic acids is 2. The maximum atomic E-state index is 12.3. The minimum atomic E-state index is -0.647. The molecule has 0 atom stereocenters. The zero-order valence-corrected chi connectivity index (χ0v) is 15.8. The maximum Gasteiger partial charge on any atom is 0.313 e. The summed E-state index contributed by atoms with van der Waals surface area (Å²) in [4.78, 5) is 25.4. The van der Waals surface area contributed by atoms with Gasteiger partial charge in [-0.2, -0.15) is 5.10 Å². The van der Waals surface area contributed by atoms with Gasteiger partial charge in [0.05, 0.1) is 11.7 Å². The Labute approximate surface area is 164 Å². The number of thiophene rings is 1. The van der Waals surface area contributed by atoms with E-state index < -0.39 is 11.8 Å². The molecular formula is C21H18N4O2S. The minimum Gasteiger partial charge on any atom is -0.348 e. The van der Waals surface area contributed by atoms with E-state index >= 15 is 0 Å². The van der Waals surface area contributed by atoms with E-state index in [-0.39, 0.29) is 0 Å². The lowest BCUT2D eigenvalue weighted by atomic mass is 10.1. The molecule has 0 unspecified atom stereocenters. The lowest BCUT2D eigenvalue weighted by molar-refractivity contribution is -0.136. The third-order valence-electron chi connectivity index (χ3n) is 4.95. The van der Waals surface area contributed by atoms with Crippen molar-refractivity contribution < 1.29 is 9.59 Å². The van der Waals surface area contributed by atoms with E-state index in [1.807, 2.05) is 24.3 Å². The largest absolute Gasteiger partial charge is 0.348 e. The molecule has 1 saturated carbocycles. The molecule has 1 aliphatic rings. The van der Waals surface area contributed by atoms with Crippen molar-refractivity contribution in [2.45, 2.75) is 12.8 Å². The number of carbonyl (C=O) groups is 2. The number of hydrogen-bond acceptors (Lipinski definition) is 4. The molecule has 2 aromatic carbocycles. The smallest absolute Gasteiger partial charge is 0.313 e.